The maximum Gasteiger partial charge on any atom is 0.573 e. The van der Waals surface area contributed by atoms with Gasteiger partial charge in [0.2, 0.25) is 0 Å². The standard InChI is InChI=1S/C25H26F3N3O2/c1-18-14-20(4-3-9-30-12-10-29(2)11-13-30)15-21-17-31(24(32)23(18)21)16-19-5-7-22(8-6-19)33-25(26,27)28/h5-8,14-15,17,32H,9-13,16H2,1-2H3. The van der Waals surface area contributed by atoms with E-state index in [9.17, 15) is 18.3 Å². The van der Waals surface area contributed by atoms with Gasteiger partial charge in [0.15, 0.2) is 5.88 Å². The van der Waals surface area contributed by atoms with Gasteiger partial charge in [-0.15, -0.1) is 13.2 Å². The fourth-order valence-electron chi connectivity index (χ4n) is 4.04. The monoisotopic (exact) mass is 457 g/mol. The topological polar surface area (TPSA) is 40.9 Å². The van der Waals surface area contributed by atoms with Crippen molar-refractivity contribution >= 4 is 10.8 Å². The molecule has 0 amide bonds. The van der Waals surface area contributed by atoms with Gasteiger partial charge in [-0.3, -0.25) is 4.90 Å². The molecule has 174 valence electrons. The number of halogens is 3. The minimum atomic E-state index is -4.72. The van der Waals surface area contributed by atoms with E-state index in [2.05, 4.69) is 33.4 Å². The number of fused-ring (bicyclic) bond motifs is 1. The van der Waals surface area contributed by atoms with E-state index in [0.717, 1.165) is 60.2 Å². The molecule has 0 unspecified atom stereocenters. The van der Waals surface area contributed by atoms with Crippen LogP contribution in [0.1, 0.15) is 16.7 Å². The summed E-state index contributed by atoms with van der Waals surface area (Å²) in [6.07, 6.45) is -2.88. The van der Waals surface area contributed by atoms with Gasteiger partial charge in [-0.1, -0.05) is 24.0 Å². The molecule has 3 aromatic rings. The van der Waals surface area contributed by atoms with Crippen LogP contribution < -0.4 is 4.74 Å². The van der Waals surface area contributed by atoms with E-state index in [1.54, 1.807) is 16.7 Å². The maximum atomic E-state index is 12.3. The van der Waals surface area contributed by atoms with Crippen molar-refractivity contribution in [2.75, 3.05) is 39.8 Å². The highest BCUT2D eigenvalue weighted by Crippen LogP contribution is 2.32. The molecule has 0 radical (unpaired) electrons. The van der Waals surface area contributed by atoms with Gasteiger partial charge in [-0.2, -0.15) is 0 Å². The molecule has 0 saturated carbocycles. The van der Waals surface area contributed by atoms with E-state index in [1.165, 1.54) is 12.1 Å². The van der Waals surface area contributed by atoms with Gasteiger partial charge in [0, 0.05) is 48.7 Å². The fraction of sp³-hybridized carbons (Fsp3) is 0.360. The van der Waals surface area contributed by atoms with Crippen LogP contribution in [0.4, 0.5) is 13.2 Å². The lowest BCUT2D eigenvalue weighted by Crippen LogP contribution is -2.44. The number of hydrogen-bond donors (Lipinski definition) is 1. The third kappa shape index (κ3) is 5.81. The van der Waals surface area contributed by atoms with Gasteiger partial charge in [0.25, 0.3) is 0 Å². The van der Waals surface area contributed by atoms with Crippen molar-refractivity contribution in [3.05, 3.63) is 59.3 Å². The quantitative estimate of drug-likeness (QED) is 0.597. The number of aryl methyl sites for hydroxylation is 1. The van der Waals surface area contributed by atoms with Gasteiger partial charge in [-0.05, 0) is 49.4 Å². The Bertz CT molecular complexity index is 1180. The molecular weight excluding hydrogens is 431 g/mol. The van der Waals surface area contributed by atoms with Gasteiger partial charge in [0.1, 0.15) is 5.75 Å². The number of rotatable bonds is 4. The molecule has 1 N–H and O–H groups in total. The van der Waals surface area contributed by atoms with Crippen molar-refractivity contribution in [3.8, 4) is 23.5 Å². The van der Waals surface area contributed by atoms with E-state index < -0.39 is 6.36 Å². The second-order valence-electron chi connectivity index (χ2n) is 8.41. The Morgan fingerprint density at radius 2 is 1.76 bits per heavy atom. The zero-order valence-electron chi connectivity index (χ0n) is 18.6. The number of nitrogens with zero attached hydrogens (tertiary/aromatic N) is 3. The molecule has 1 fully saturated rings. The molecule has 2 heterocycles. The smallest absolute Gasteiger partial charge is 0.494 e. The first-order chi connectivity index (χ1) is 15.7. The van der Waals surface area contributed by atoms with Crippen LogP contribution in [0, 0.1) is 18.8 Å². The summed E-state index contributed by atoms with van der Waals surface area (Å²) < 4.78 is 42.6. The molecule has 1 saturated heterocycles. The SMILES string of the molecule is Cc1cc(C#CCN2CCN(C)CC2)cc2cn(Cc3ccc(OC(F)(F)F)cc3)c(O)c12. The second-order valence-corrected chi connectivity index (χ2v) is 8.41. The Morgan fingerprint density at radius 3 is 2.42 bits per heavy atom. The van der Waals surface area contributed by atoms with E-state index in [4.69, 9.17) is 0 Å². The van der Waals surface area contributed by atoms with Crippen LogP contribution in [0.2, 0.25) is 0 Å². The predicted molar refractivity (Wildman–Crippen MR) is 121 cm³/mol. The largest absolute Gasteiger partial charge is 0.573 e. The van der Waals surface area contributed by atoms with Gasteiger partial charge in [-0.25, -0.2) is 0 Å². The van der Waals surface area contributed by atoms with Crippen molar-refractivity contribution in [1.82, 2.24) is 14.4 Å². The first-order valence-electron chi connectivity index (χ1n) is 10.7. The number of ether oxygens (including phenoxy) is 1. The molecule has 4 rings (SSSR count). The average Bonchev–Trinajstić information content (AvgIpc) is 3.05. The number of aromatic nitrogens is 1. The lowest BCUT2D eigenvalue weighted by molar-refractivity contribution is -0.274. The summed E-state index contributed by atoms with van der Waals surface area (Å²) in [5, 5.41) is 12.4. The van der Waals surface area contributed by atoms with E-state index in [-0.39, 0.29) is 11.6 Å². The third-order valence-corrected chi connectivity index (χ3v) is 5.80. The van der Waals surface area contributed by atoms with Crippen LogP contribution in [0.25, 0.3) is 10.8 Å². The summed E-state index contributed by atoms with van der Waals surface area (Å²) >= 11 is 0. The van der Waals surface area contributed by atoms with Crippen LogP contribution in [-0.4, -0.2) is 65.6 Å². The van der Waals surface area contributed by atoms with Crippen molar-refractivity contribution in [2.24, 2.45) is 0 Å². The lowest BCUT2D eigenvalue weighted by atomic mass is 10.1. The molecule has 1 aromatic heterocycles. The van der Waals surface area contributed by atoms with Crippen molar-refractivity contribution in [3.63, 3.8) is 0 Å². The zero-order chi connectivity index (χ0) is 23.6. The molecule has 2 aromatic carbocycles. The first kappa shape index (κ1) is 23.0. The van der Waals surface area contributed by atoms with Crippen LogP contribution in [-0.2, 0) is 6.54 Å². The summed E-state index contributed by atoms with van der Waals surface area (Å²) in [5.74, 6) is 6.34. The van der Waals surface area contributed by atoms with Gasteiger partial charge >= 0.3 is 6.36 Å². The van der Waals surface area contributed by atoms with Crippen molar-refractivity contribution in [2.45, 2.75) is 19.8 Å². The van der Waals surface area contributed by atoms with Crippen LogP contribution in [0.3, 0.4) is 0 Å². The molecular formula is C25H26F3N3O2. The summed E-state index contributed by atoms with van der Waals surface area (Å²) in [6, 6.07) is 9.55. The molecule has 1 aliphatic rings. The van der Waals surface area contributed by atoms with E-state index in [0.29, 0.717) is 6.54 Å². The number of aromatic hydroxyl groups is 1. The molecule has 0 atom stereocenters. The zero-order valence-corrected chi connectivity index (χ0v) is 18.6. The van der Waals surface area contributed by atoms with Crippen LogP contribution >= 0.6 is 0 Å². The Kier molecular flexibility index (Phi) is 6.54. The van der Waals surface area contributed by atoms with Gasteiger partial charge in [0.05, 0.1) is 13.1 Å². The number of benzene rings is 2. The second kappa shape index (κ2) is 9.38. The average molecular weight is 457 g/mol. The predicted octanol–water partition coefficient (Wildman–Crippen LogP) is 4.20. The molecule has 0 bridgehead atoms. The Balaban J connectivity index is 1.49. The number of hydrogen-bond acceptors (Lipinski definition) is 4. The Hall–Kier alpha value is -3.15. The molecule has 1 aliphatic heterocycles. The third-order valence-electron chi connectivity index (χ3n) is 5.80. The summed E-state index contributed by atoms with van der Waals surface area (Å²) in [6.45, 7) is 7.12. The highest BCUT2D eigenvalue weighted by molar-refractivity contribution is 5.92. The normalized spacial score (nSPS) is 15.4. The number of alkyl halides is 3. The summed E-state index contributed by atoms with van der Waals surface area (Å²) in [5.41, 5.74) is 2.55. The minimum Gasteiger partial charge on any atom is -0.494 e. The van der Waals surface area contributed by atoms with E-state index in [1.807, 2.05) is 25.3 Å². The minimum absolute atomic E-state index is 0.120. The van der Waals surface area contributed by atoms with Crippen LogP contribution in [0.15, 0.2) is 42.6 Å². The summed E-state index contributed by atoms with van der Waals surface area (Å²) in [4.78, 5) is 4.65. The maximum absolute atomic E-state index is 12.3. The van der Waals surface area contributed by atoms with Crippen molar-refractivity contribution < 1.29 is 23.0 Å². The Labute approximate surface area is 191 Å². The molecule has 8 heteroatoms. The highest BCUT2D eigenvalue weighted by atomic mass is 19.4. The fourth-order valence-corrected chi connectivity index (χ4v) is 4.04. The Morgan fingerprint density at radius 1 is 1.06 bits per heavy atom. The first-order valence-corrected chi connectivity index (χ1v) is 10.7. The highest BCUT2D eigenvalue weighted by Gasteiger charge is 2.31. The number of likely N-dealkylation sites (N-methyl/N-ethyl adjacent to an activating group) is 1. The lowest BCUT2D eigenvalue weighted by Gasteiger charge is -2.30. The van der Waals surface area contributed by atoms with E-state index >= 15 is 0 Å². The van der Waals surface area contributed by atoms with Crippen molar-refractivity contribution in [1.29, 1.82) is 0 Å². The molecule has 5 nitrogen and oxygen atoms in total. The molecule has 33 heavy (non-hydrogen) atoms. The number of piperazine rings is 1. The van der Waals surface area contributed by atoms with Crippen LogP contribution in [0.5, 0.6) is 11.6 Å². The molecule has 0 spiro atoms. The summed E-state index contributed by atoms with van der Waals surface area (Å²) in [7, 11) is 2.12. The molecule has 0 aliphatic carbocycles. The van der Waals surface area contributed by atoms with Gasteiger partial charge < -0.3 is 19.3 Å².